The maximum Gasteiger partial charge on any atom is 0.160 e. The van der Waals surface area contributed by atoms with E-state index in [0.29, 0.717) is 5.56 Å². The van der Waals surface area contributed by atoms with Crippen LogP contribution in [0.25, 0.3) is 0 Å². The number of nitrogens with two attached hydrogens (primary N) is 1. The summed E-state index contributed by atoms with van der Waals surface area (Å²) in [6.07, 6.45) is -0.107. The van der Waals surface area contributed by atoms with Crippen LogP contribution >= 0.6 is 12.4 Å². The zero-order valence-electron chi connectivity index (χ0n) is 11.8. The van der Waals surface area contributed by atoms with E-state index in [1.807, 2.05) is 0 Å². The molecular weight excluding hydrogens is 191 g/mol. The van der Waals surface area contributed by atoms with Crippen LogP contribution in [0.15, 0.2) is 18.2 Å². The van der Waals surface area contributed by atoms with Crippen molar-refractivity contribution in [3.05, 3.63) is 23.8 Å². The minimum atomic E-state index is -2.67. The first kappa shape index (κ1) is 5.73. The summed E-state index contributed by atoms with van der Waals surface area (Å²) in [7, 11) is -2.67. The highest BCUT2D eigenvalue weighted by atomic mass is 35.5. The Bertz CT molecular complexity index is 405. The summed E-state index contributed by atoms with van der Waals surface area (Å²) in [5, 5.41) is 9.40. The Morgan fingerprint density at radius 3 is 3.08 bits per heavy atom. The molecule has 0 saturated heterocycles. The van der Waals surface area contributed by atoms with Gasteiger partial charge in [0.25, 0.3) is 0 Å². The van der Waals surface area contributed by atoms with E-state index in [-0.39, 0.29) is 30.3 Å². The molecule has 0 amide bonds. The smallest absolute Gasteiger partial charge is 0.160 e. The van der Waals surface area contributed by atoms with Gasteiger partial charge in [0.05, 0.1) is 11.2 Å². The van der Waals surface area contributed by atoms with Gasteiger partial charge < -0.3 is 15.6 Å². The van der Waals surface area contributed by atoms with Gasteiger partial charge in [0.15, 0.2) is 11.5 Å². The van der Waals surface area contributed by atoms with Crippen molar-refractivity contribution in [3.8, 4) is 11.5 Å². The first-order valence-corrected chi connectivity index (χ1v) is 3.37. The van der Waals surface area contributed by atoms with Gasteiger partial charge in [0, 0.05) is 2.74 Å². The Balaban J connectivity index is 0.00000289. The average molecular weight is 210 g/mol. The monoisotopic (exact) mass is 209 g/mol. The maximum absolute atomic E-state index is 9.40. The summed E-state index contributed by atoms with van der Waals surface area (Å²) in [5.74, 6) is -0.533. The lowest BCUT2D eigenvalue weighted by atomic mass is 10.1. The van der Waals surface area contributed by atoms with Gasteiger partial charge in [-0.2, -0.15) is 0 Å². The highest BCUT2D eigenvalue weighted by Crippen LogP contribution is 2.26. The number of aryl methyl sites for hydroxylation is 1. The number of ether oxygens (including phenoxy) is 1. The van der Waals surface area contributed by atoms with E-state index in [9.17, 15) is 5.11 Å². The highest BCUT2D eigenvalue weighted by molar-refractivity contribution is 5.85. The van der Waals surface area contributed by atoms with Crippen LogP contribution in [0.5, 0.6) is 11.5 Å². The van der Waals surface area contributed by atoms with Crippen LogP contribution in [0.3, 0.4) is 0 Å². The third-order valence-electron chi connectivity index (χ3n) is 1.44. The van der Waals surface area contributed by atoms with Crippen LogP contribution in [-0.2, 0) is 6.42 Å². The molecule has 0 aliphatic carbocycles. The molecule has 1 rings (SSSR count). The second kappa shape index (κ2) is 5.67. The zero-order chi connectivity index (χ0) is 13.3. The highest BCUT2D eigenvalue weighted by Gasteiger charge is 2.00. The standard InChI is InChI=1S/C9H13NO2.ClH/c1-12-9-6-7(4-5-10)2-3-8(9)11;/h2-3,6,11H,4-5,10H2,1H3;1H/i1+1D3,5D2;. The SMILES string of the molecule is Cl.[2H]C([2H])(N)Cc1ccc(O)c(O[13C]([2H])([2H])[2H])c1. The molecule has 0 heterocycles. The largest absolute Gasteiger partial charge is 0.504 e. The van der Waals surface area contributed by atoms with E-state index in [2.05, 4.69) is 4.74 Å². The van der Waals surface area contributed by atoms with Gasteiger partial charge in [-0.1, -0.05) is 6.07 Å². The summed E-state index contributed by atoms with van der Waals surface area (Å²) in [6.45, 7) is -1.91. The molecule has 0 radical (unpaired) electrons. The Labute approximate surface area is 91.0 Å². The van der Waals surface area contributed by atoms with E-state index in [1.54, 1.807) is 0 Å². The predicted molar refractivity (Wildman–Crippen MR) is 54.7 cm³/mol. The normalized spacial score (nSPS) is 16.8. The van der Waals surface area contributed by atoms with Crippen LogP contribution in [-0.4, -0.2) is 18.6 Å². The van der Waals surface area contributed by atoms with Crippen LogP contribution in [0, 0.1) is 0 Å². The molecule has 1 aromatic carbocycles. The van der Waals surface area contributed by atoms with E-state index < -0.39 is 13.5 Å². The molecule has 1 aromatic rings. The van der Waals surface area contributed by atoms with Crippen molar-refractivity contribution < 1.29 is 16.7 Å². The van der Waals surface area contributed by atoms with Crippen molar-refractivity contribution in [2.75, 3.05) is 13.5 Å². The van der Waals surface area contributed by atoms with Gasteiger partial charge >= 0.3 is 0 Å². The van der Waals surface area contributed by atoms with Crippen molar-refractivity contribution in [2.45, 2.75) is 6.42 Å². The molecule has 0 spiro atoms. The second-order valence-corrected chi connectivity index (χ2v) is 2.29. The Morgan fingerprint density at radius 1 is 1.69 bits per heavy atom. The van der Waals surface area contributed by atoms with E-state index in [0.717, 1.165) is 0 Å². The summed E-state index contributed by atoms with van der Waals surface area (Å²) >= 11 is 0. The van der Waals surface area contributed by atoms with Gasteiger partial charge in [-0.25, -0.2) is 0 Å². The van der Waals surface area contributed by atoms with Crippen molar-refractivity contribution in [3.63, 3.8) is 0 Å². The minimum absolute atomic E-state index is 0. The average Bonchev–Trinajstić information content (AvgIpc) is 2.05. The van der Waals surface area contributed by atoms with Crippen LogP contribution in [0.1, 0.15) is 12.4 Å². The summed E-state index contributed by atoms with van der Waals surface area (Å²) in [4.78, 5) is 0. The van der Waals surface area contributed by atoms with Crippen LogP contribution < -0.4 is 10.5 Å². The number of phenolic OH excluding ortho intramolecular Hbond substituents is 1. The number of benzene rings is 1. The molecule has 0 fully saturated rings. The van der Waals surface area contributed by atoms with Crippen molar-refractivity contribution in [1.29, 1.82) is 0 Å². The Hall–Kier alpha value is -0.930. The van der Waals surface area contributed by atoms with Crippen LogP contribution in [0.4, 0.5) is 0 Å². The van der Waals surface area contributed by atoms with Gasteiger partial charge in [-0.15, -0.1) is 12.4 Å². The fraction of sp³-hybridized carbons (Fsp3) is 0.333. The molecule has 0 aliphatic rings. The molecule has 0 aromatic heterocycles. The number of halogens is 1. The van der Waals surface area contributed by atoms with Crippen molar-refractivity contribution in [2.24, 2.45) is 5.73 Å². The molecule has 0 unspecified atom stereocenters. The molecule has 74 valence electrons. The van der Waals surface area contributed by atoms with Gasteiger partial charge in [-0.3, -0.25) is 0 Å². The van der Waals surface area contributed by atoms with Gasteiger partial charge in [-0.05, 0) is 30.6 Å². The lowest BCUT2D eigenvalue weighted by Crippen LogP contribution is -2.02. The van der Waals surface area contributed by atoms with Crippen LogP contribution in [0.2, 0.25) is 0 Å². The molecule has 4 heteroatoms. The van der Waals surface area contributed by atoms with Gasteiger partial charge in [0.1, 0.15) is 0 Å². The second-order valence-electron chi connectivity index (χ2n) is 2.29. The van der Waals surface area contributed by atoms with E-state index in [1.165, 1.54) is 18.2 Å². The number of aromatic hydroxyl groups is 1. The summed E-state index contributed by atoms with van der Waals surface area (Å²) in [6, 6.07) is 3.95. The van der Waals surface area contributed by atoms with Gasteiger partial charge in [0.2, 0.25) is 0 Å². The minimum Gasteiger partial charge on any atom is -0.504 e. The molecule has 0 atom stereocenters. The van der Waals surface area contributed by atoms with E-state index >= 15 is 0 Å². The van der Waals surface area contributed by atoms with E-state index in [4.69, 9.17) is 12.6 Å². The molecule has 3 nitrogen and oxygen atoms in total. The molecule has 0 saturated carbocycles. The first-order valence-electron chi connectivity index (χ1n) is 5.87. The number of methoxy groups -OCH3 is 1. The summed E-state index contributed by atoms with van der Waals surface area (Å²) < 4.78 is 39.7. The number of phenols is 1. The lowest BCUT2D eigenvalue weighted by molar-refractivity contribution is 0.373. The third kappa shape index (κ3) is 3.13. The van der Waals surface area contributed by atoms with Crippen molar-refractivity contribution in [1.82, 2.24) is 0 Å². The number of hydrogen-bond acceptors (Lipinski definition) is 3. The molecule has 0 bridgehead atoms. The molecular formula is C9H14ClNO2. The fourth-order valence-corrected chi connectivity index (χ4v) is 0.868. The molecule has 3 N–H and O–H groups in total. The summed E-state index contributed by atoms with van der Waals surface area (Å²) in [5.41, 5.74) is 5.64. The van der Waals surface area contributed by atoms with Crippen molar-refractivity contribution >= 4 is 12.4 Å². The Kier molecular flexibility index (Phi) is 2.50. The quantitative estimate of drug-likeness (QED) is 0.739. The predicted octanol–water partition coefficient (Wildman–Crippen LogP) is 1.32. The Morgan fingerprint density at radius 2 is 2.46 bits per heavy atom. The maximum atomic E-state index is 9.40. The number of rotatable bonds is 3. The number of hydrogen-bond donors (Lipinski definition) is 2. The zero-order valence-corrected chi connectivity index (χ0v) is 7.60. The topological polar surface area (TPSA) is 55.5 Å². The fourth-order valence-electron chi connectivity index (χ4n) is 0.868. The lowest BCUT2D eigenvalue weighted by Gasteiger charge is -2.05. The first-order chi connectivity index (χ1) is 7.57. The third-order valence-corrected chi connectivity index (χ3v) is 1.44. The molecule has 13 heavy (non-hydrogen) atoms. The molecule has 0 aliphatic heterocycles.